The summed E-state index contributed by atoms with van der Waals surface area (Å²) in [7, 11) is 0. The minimum Gasteiger partial charge on any atom is -0.380 e. The quantitative estimate of drug-likeness (QED) is 0.790. The summed E-state index contributed by atoms with van der Waals surface area (Å²) < 4.78 is 5.39. The van der Waals surface area contributed by atoms with Gasteiger partial charge >= 0.3 is 0 Å². The van der Waals surface area contributed by atoms with Crippen LogP contribution >= 0.6 is 0 Å². The van der Waals surface area contributed by atoms with Gasteiger partial charge in [0.05, 0.1) is 6.61 Å². The van der Waals surface area contributed by atoms with E-state index in [9.17, 15) is 0 Å². The van der Waals surface area contributed by atoms with E-state index in [-0.39, 0.29) is 0 Å². The minimum absolute atomic E-state index is 0.301. The van der Waals surface area contributed by atoms with Crippen LogP contribution in [0.15, 0.2) is 24.3 Å². The Balaban J connectivity index is 2.04. The molecule has 0 amide bonds. The highest BCUT2D eigenvalue weighted by Gasteiger charge is 2.37. The second kappa shape index (κ2) is 5.19. The van der Waals surface area contributed by atoms with Crippen LogP contribution in [0.3, 0.4) is 0 Å². The molecule has 1 N–H and O–H groups in total. The van der Waals surface area contributed by atoms with Crippen molar-refractivity contribution in [1.29, 1.82) is 0 Å². The topological polar surface area (TPSA) is 21.3 Å². The Kier molecular flexibility index (Phi) is 3.85. The van der Waals surface area contributed by atoms with E-state index in [1.54, 1.807) is 0 Å². The number of hydrogen-bond acceptors (Lipinski definition) is 2. The van der Waals surface area contributed by atoms with Gasteiger partial charge in [-0.25, -0.2) is 0 Å². The van der Waals surface area contributed by atoms with E-state index in [0.29, 0.717) is 11.5 Å². The molecule has 1 aliphatic carbocycles. The van der Waals surface area contributed by atoms with E-state index in [0.717, 1.165) is 26.2 Å². The maximum Gasteiger partial charge on any atom is 0.0590 e. The number of rotatable bonds is 5. The average Bonchev–Trinajstić information content (AvgIpc) is 2.55. The lowest BCUT2D eigenvalue weighted by molar-refractivity contribution is 0.140. The number of hydrogen-bond donors (Lipinski definition) is 1. The molecular weight excluding hydrogens is 210 g/mol. The fourth-order valence-corrected chi connectivity index (χ4v) is 2.80. The zero-order valence-corrected chi connectivity index (χ0v) is 11.1. The van der Waals surface area contributed by atoms with Crippen molar-refractivity contribution in [2.45, 2.75) is 33.2 Å². The molecule has 0 saturated heterocycles. The summed E-state index contributed by atoms with van der Waals surface area (Å²) in [4.78, 5) is 0. The fraction of sp³-hybridized carbons (Fsp3) is 0.600. The lowest BCUT2D eigenvalue weighted by Gasteiger charge is -2.28. The normalized spacial score (nSPS) is 21.5. The molecule has 1 aromatic rings. The molecule has 0 spiro atoms. The van der Waals surface area contributed by atoms with Crippen LogP contribution in [0.1, 0.15) is 37.9 Å². The molecule has 0 saturated carbocycles. The number of benzene rings is 1. The third kappa shape index (κ3) is 2.70. The van der Waals surface area contributed by atoms with Gasteiger partial charge in [-0.3, -0.25) is 0 Å². The summed E-state index contributed by atoms with van der Waals surface area (Å²) >= 11 is 0. The first-order valence-corrected chi connectivity index (χ1v) is 6.54. The maximum absolute atomic E-state index is 5.39. The Bertz CT molecular complexity index is 373. The van der Waals surface area contributed by atoms with Crippen LogP contribution in [-0.4, -0.2) is 19.8 Å². The highest BCUT2D eigenvalue weighted by Crippen LogP contribution is 2.44. The molecule has 0 aliphatic heterocycles. The number of ether oxygens (including phenoxy) is 1. The Morgan fingerprint density at radius 3 is 2.88 bits per heavy atom. The van der Waals surface area contributed by atoms with E-state index in [4.69, 9.17) is 4.74 Å². The predicted molar refractivity (Wildman–Crippen MR) is 71.2 cm³/mol. The van der Waals surface area contributed by atoms with E-state index in [1.807, 2.05) is 6.92 Å². The van der Waals surface area contributed by atoms with Crippen LogP contribution in [0.2, 0.25) is 0 Å². The summed E-state index contributed by atoms with van der Waals surface area (Å²) in [5.41, 5.74) is 3.26. The van der Waals surface area contributed by atoms with Crippen molar-refractivity contribution >= 4 is 0 Å². The fourth-order valence-electron chi connectivity index (χ4n) is 2.80. The summed E-state index contributed by atoms with van der Waals surface area (Å²) in [5.74, 6) is 0. The zero-order valence-electron chi connectivity index (χ0n) is 11.1. The zero-order chi connectivity index (χ0) is 12.3. The summed E-state index contributed by atoms with van der Waals surface area (Å²) in [5, 5.41) is 3.64. The molecule has 2 rings (SSSR count). The second-order valence-corrected chi connectivity index (χ2v) is 5.45. The van der Waals surface area contributed by atoms with Crippen molar-refractivity contribution in [2.75, 3.05) is 19.8 Å². The summed E-state index contributed by atoms with van der Waals surface area (Å²) in [6.45, 7) is 9.24. The monoisotopic (exact) mass is 233 g/mol. The van der Waals surface area contributed by atoms with Gasteiger partial charge in [0.25, 0.3) is 0 Å². The summed E-state index contributed by atoms with van der Waals surface area (Å²) in [6, 6.07) is 9.23. The highest BCUT2D eigenvalue weighted by molar-refractivity contribution is 5.37. The number of nitrogens with one attached hydrogen (secondary N) is 1. The Labute approximate surface area is 104 Å². The largest absolute Gasteiger partial charge is 0.380 e. The molecule has 0 heterocycles. The molecule has 1 aliphatic rings. The van der Waals surface area contributed by atoms with Gasteiger partial charge in [-0.2, -0.15) is 0 Å². The molecule has 0 fully saturated rings. The predicted octanol–water partition coefficient (Wildman–Crippen LogP) is 2.94. The van der Waals surface area contributed by atoms with E-state index >= 15 is 0 Å². The van der Waals surface area contributed by atoms with Crippen molar-refractivity contribution < 1.29 is 4.74 Å². The highest BCUT2D eigenvalue weighted by atomic mass is 16.5. The lowest BCUT2D eigenvalue weighted by atomic mass is 9.85. The third-order valence-electron chi connectivity index (χ3n) is 3.59. The number of fused-ring (bicyclic) bond motifs is 1. The standard InChI is InChI=1S/C15H23NO/c1-4-17-10-9-16-14-13-8-6-5-7-12(13)11-15(14,2)3/h5-8,14,16H,4,9-11H2,1-3H3. The van der Waals surface area contributed by atoms with Crippen molar-refractivity contribution in [1.82, 2.24) is 5.32 Å². The van der Waals surface area contributed by atoms with Crippen molar-refractivity contribution in [3.63, 3.8) is 0 Å². The summed E-state index contributed by atoms with van der Waals surface area (Å²) in [6.07, 6.45) is 1.16. The van der Waals surface area contributed by atoms with Crippen LogP contribution in [0.4, 0.5) is 0 Å². The average molecular weight is 233 g/mol. The van der Waals surface area contributed by atoms with E-state index in [1.165, 1.54) is 11.1 Å². The van der Waals surface area contributed by atoms with Crippen LogP contribution in [-0.2, 0) is 11.2 Å². The molecule has 1 aromatic carbocycles. The molecule has 94 valence electrons. The van der Waals surface area contributed by atoms with Gasteiger partial charge in [0.2, 0.25) is 0 Å². The first kappa shape index (κ1) is 12.6. The molecule has 2 heteroatoms. The van der Waals surface area contributed by atoms with Gasteiger partial charge in [-0.15, -0.1) is 0 Å². The van der Waals surface area contributed by atoms with Crippen LogP contribution in [0.5, 0.6) is 0 Å². The van der Waals surface area contributed by atoms with E-state index < -0.39 is 0 Å². The minimum atomic E-state index is 0.301. The third-order valence-corrected chi connectivity index (χ3v) is 3.59. The molecule has 0 radical (unpaired) electrons. The van der Waals surface area contributed by atoms with Crippen LogP contribution < -0.4 is 5.32 Å². The molecular formula is C15H23NO. The Morgan fingerprint density at radius 1 is 1.35 bits per heavy atom. The van der Waals surface area contributed by atoms with Gasteiger partial charge in [-0.05, 0) is 29.9 Å². The van der Waals surface area contributed by atoms with Crippen molar-refractivity contribution in [3.05, 3.63) is 35.4 Å². The first-order valence-electron chi connectivity index (χ1n) is 6.54. The van der Waals surface area contributed by atoms with Crippen LogP contribution in [0.25, 0.3) is 0 Å². The molecule has 17 heavy (non-hydrogen) atoms. The van der Waals surface area contributed by atoms with Gasteiger partial charge in [0.15, 0.2) is 0 Å². The SMILES string of the molecule is CCOCCNC1c2ccccc2CC1(C)C. The Morgan fingerprint density at radius 2 is 2.12 bits per heavy atom. The van der Waals surface area contributed by atoms with Crippen molar-refractivity contribution in [2.24, 2.45) is 5.41 Å². The second-order valence-electron chi connectivity index (χ2n) is 5.45. The van der Waals surface area contributed by atoms with Crippen molar-refractivity contribution in [3.8, 4) is 0 Å². The molecule has 0 bridgehead atoms. The molecule has 1 atom stereocenters. The molecule has 2 nitrogen and oxygen atoms in total. The van der Waals surface area contributed by atoms with Crippen LogP contribution in [0, 0.1) is 5.41 Å². The lowest BCUT2D eigenvalue weighted by Crippen LogP contribution is -2.33. The smallest absolute Gasteiger partial charge is 0.0590 e. The maximum atomic E-state index is 5.39. The van der Waals surface area contributed by atoms with Gasteiger partial charge in [0, 0.05) is 19.2 Å². The Hall–Kier alpha value is -0.860. The van der Waals surface area contributed by atoms with Gasteiger partial charge in [0.1, 0.15) is 0 Å². The molecule has 0 aromatic heterocycles. The van der Waals surface area contributed by atoms with Gasteiger partial charge in [-0.1, -0.05) is 38.1 Å². The first-order chi connectivity index (χ1) is 8.15. The van der Waals surface area contributed by atoms with E-state index in [2.05, 4.69) is 43.4 Å². The van der Waals surface area contributed by atoms with Gasteiger partial charge < -0.3 is 10.1 Å². The molecule has 1 unspecified atom stereocenters.